The molecule has 0 atom stereocenters. The van der Waals surface area contributed by atoms with Crippen LogP contribution < -0.4 is 10.1 Å². The zero-order valence-corrected chi connectivity index (χ0v) is 17.4. The van der Waals surface area contributed by atoms with Crippen LogP contribution in [-0.4, -0.2) is 30.6 Å². The Hall–Kier alpha value is -4.54. The Labute approximate surface area is 181 Å². The van der Waals surface area contributed by atoms with E-state index in [-0.39, 0.29) is 5.76 Å². The van der Waals surface area contributed by atoms with Crippen molar-refractivity contribution in [1.29, 1.82) is 0 Å². The number of rotatable bonds is 6. The molecule has 0 saturated carbocycles. The number of hydrogen-bond donors (Lipinski definition) is 1. The van der Waals surface area contributed by atoms with Crippen molar-refractivity contribution in [3.8, 4) is 17.4 Å². The Morgan fingerprint density at radius 1 is 1.09 bits per heavy atom. The Morgan fingerprint density at radius 3 is 2.47 bits per heavy atom. The topological polar surface area (TPSA) is 138 Å². The number of furan rings is 1. The molecule has 0 spiro atoms. The second-order valence-corrected chi connectivity index (χ2v) is 6.93. The molecular formula is C21H18N6O5. The predicted molar refractivity (Wildman–Crippen MR) is 113 cm³/mol. The van der Waals surface area contributed by atoms with Crippen LogP contribution in [-0.2, 0) is 0 Å². The first-order valence-electron chi connectivity index (χ1n) is 9.51. The SMILES string of the molecule is Cc1cc(C)n(-c2cc(Oc3ccc(NC(=O)c4ccc([N+](=O)[O-])o4)cc3)nc(C)n2)n1. The Bertz CT molecular complexity index is 1310. The third-order valence-electron chi connectivity index (χ3n) is 4.36. The third-order valence-corrected chi connectivity index (χ3v) is 4.36. The molecule has 0 unspecified atom stereocenters. The predicted octanol–water partition coefficient (Wildman–Crippen LogP) is 4.13. The van der Waals surface area contributed by atoms with E-state index in [2.05, 4.69) is 20.4 Å². The largest absolute Gasteiger partial charge is 0.439 e. The number of hydrogen-bond acceptors (Lipinski definition) is 8. The van der Waals surface area contributed by atoms with Crippen LogP contribution in [0.25, 0.3) is 5.82 Å². The van der Waals surface area contributed by atoms with E-state index in [1.54, 1.807) is 41.9 Å². The number of ether oxygens (including phenoxy) is 1. The van der Waals surface area contributed by atoms with Crippen molar-refractivity contribution in [2.24, 2.45) is 0 Å². The molecule has 4 aromatic rings. The second-order valence-electron chi connectivity index (χ2n) is 6.93. The van der Waals surface area contributed by atoms with Crippen molar-refractivity contribution in [2.75, 3.05) is 5.32 Å². The maximum Gasteiger partial charge on any atom is 0.433 e. The summed E-state index contributed by atoms with van der Waals surface area (Å²) in [6.07, 6.45) is 0. The molecule has 0 aliphatic carbocycles. The van der Waals surface area contributed by atoms with E-state index < -0.39 is 16.7 Å². The summed E-state index contributed by atoms with van der Waals surface area (Å²) in [5.41, 5.74) is 2.28. The first-order valence-corrected chi connectivity index (χ1v) is 9.51. The van der Waals surface area contributed by atoms with Crippen molar-refractivity contribution in [2.45, 2.75) is 20.8 Å². The molecule has 0 aliphatic heterocycles. The number of anilines is 1. The molecule has 162 valence electrons. The molecular weight excluding hydrogens is 416 g/mol. The van der Waals surface area contributed by atoms with Crippen molar-refractivity contribution >= 4 is 17.5 Å². The van der Waals surface area contributed by atoms with Crippen molar-refractivity contribution < 1.29 is 18.9 Å². The summed E-state index contributed by atoms with van der Waals surface area (Å²) in [5, 5.41) is 17.7. The van der Waals surface area contributed by atoms with Gasteiger partial charge in [0.1, 0.15) is 16.5 Å². The molecule has 4 rings (SSSR count). The number of carbonyl (C=O) groups is 1. The number of benzene rings is 1. The van der Waals surface area contributed by atoms with E-state index >= 15 is 0 Å². The van der Waals surface area contributed by atoms with Gasteiger partial charge in [-0.1, -0.05) is 0 Å². The molecule has 11 heteroatoms. The summed E-state index contributed by atoms with van der Waals surface area (Å²) >= 11 is 0. The summed E-state index contributed by atoms with van der Waals surface area (Å²) < 4.78 is 12.5. The van der Waals surface area contributed by atoms with E-state index in [1.807, 2.05) is 19.9 Å². The van der Waals surface area contributed by atoms with E-state index in [0.717, 1.165) is 17.5 Å². The Kier molecular flexibility index (Phi) is 5.37. The maximum absolute atomic E-state index is 12.2. The van der Waals surface area contributed by atoms with Gasteiger partial charge in [-0.25, -0.2) is 9.67 Å². The normalized spacial score (nSPS) is 10.7. The van der Waals surface area contributed by atoms with Gasteiger partial charge in [-0.3, -0.25) is 14.9 Å². The van der Waals surface area contributed by atoms with E-state index in [4.69, 9.17) is 9.15 Å². The first-order chi connectivity index (χ1) is 15.3. The lowest BCUT2D eigenvalue weighted by atomic mass is 10.3. The number of nitrogens with zero attached hydrogens (tertiary/aromatic N) is 5. The van der Waals surface area contributed by atoms with Crippen molar-refractivity contribution in [3.63, 3.8) is 0 Å². The smallest absolute Gasteiger partial charge is 0.433 e. The minimum absolute atomic E-state index is 0.162. The monoisotopic (exact) mass is 434 g/mol. The Morgan fingerprint density at radius 2 is 1.84 bits per heavy atom. The number of amides is 1. The molecule has 3 aromatic heterocycles. The van der Waals surface area contributed by atoms with Crippen LogP contribution in [0.3, 0.4) is 0 Å². The summed E-state index contributed by atoms with van der Waals surface area (Å²) in [6, 6.07) is 12.6. The number of aromatic nitrogens is 4. The fourth-order valence-electron chi connectivity index (χ4n) is 3.01. The van der Waals surface area contributed by atoms with Crippen molar-refractivity contribution in [1.82, 2.24) is 19.7 Å². The van der Waals surface area contributed by atoms with Gasteiger partial charge in [0.25, 0.3) is 5.91 Å². The number of nitrogens with one attached hydrogen (secondary N) is 1. The highest BCUT2D eigenvalue weighted by molar-refractivity contribution is 6.02. The van der Waals surface area contributed by atoms with Crippen LogP contribution in [0.1, 0.15) is 27.8 Å². The van der Waals surface area contributed by atoms with Gasteiger partial charge in [0, 0.05) is 17.4 Å². The van der Waals surface area contributed by atoms with Gasteiger partial charge >= 0.3 is 5.88 Å². The second kappa shape index (κ2) is 8.30. The summed E-state index contributed by atoms with van der Waals surface area (Å²) in [7, 11) is 0. The fraction of sp³-hybridized carbons (Fsp3) is 0.143. The molecule has 0 radical (unpaired) electrons. The quantitative estimate of drug-likeness (QED) is 0.353. The van der Waals surface area contributed by atoms with Gasteiger partial charge < -0.3 is 14.5 Å². The van der Waals surface area contributed by atoms with Crippen LogP contribution in [0.4, 0.5) is 11.6 Å². The van der Waals surface area contributed by atoms with Crippen molar-refractivity contribution in [3.05, 3.63) is 81.6 Å². The summed E-state index contributed by atoms with van der Waals surface area (Å²) in [6.45, 7) is 5.61. The molecule has 3 heterocycles. The minimum Gasteiger partial charge on any atom is -0.439 e. The highest BCUT2D eigenvalue weighted by Crippen LogP contribution is 2.24. The molecule has 1 N–H and O–H groups in total. The summed E-state index contributed by atoms with van der Waals surface area (Å²) in [4.78, 5) is 30.9. The van der Waals surface area contributed by atoms with Crippen LogP contribution in [0, 0.1) is 30.9 Å². The maximum atomic E-state index is 12.2. The van der Waals surface area contributed by atoms with E-state index in [1.165, 1.54) is 6.07 Å². The Balaban J connectivity index is 1.47. The minimum atomic E-state index is -0.710. The standard InChI is InChI=1S/C21H18N6O5/c1-12-10-13(2)26(25-12)18-11-19(23-14(3)22-18)31-16-6-4-15(5-7-16)24-21(28)17-8-9-20(32-17)27(29)30/h4-11H,1-3H3,(H,24,28). The summed E-state index contributed by atoms with van der Waals surface area (Å²) in [5.74, 6) is 0.696. The van der Waals surface area contributed by atoms with Gasteiger partial charge in [-0.05, 0) is 57.2 Å². The highest BCUT2D eigenvalue weighted by atomic mass is 16.6. The molecule has 11 nitrogen and oxygen atoms in total. The van der Waals surface area contributed by atoms with Gasteiger partial charge in [0.2, 0.25) is 5.88 Å². The highest BCUT2D eigenvalue weighted by Gasteiger charge is 2.17. The van der Waals surface area contributed by atoms with Gasteiger partial charge in [0.15, 0.2) is 11.6 Å². The number of nitro groups is 1. The molecule has 1 amide bonds. The molecule has 0 fully saturated rings. The first kappa shape index (κ1) is 20.7. The van der Waals surface area contributed by atoms with E-state index in [9.17, 15) is 14.9 Å². The fourth-order valence-corrected chi connectivity index (χ4v) is 3.01. The zero-order valence-electron chi connectivity index (χ0n) is 17.4. The lowest BCUT2D eigenvalue weighted by molar-refractivity contribution is -0.402. The molecule has 0 saturated heterocycles. The lowest BCUT2D eigenvalue weighted by Gasteiger charge is -2.10. The molecule has 0 aliphatic rings. The number of aryl methyl sites for hydroxylation is 3. The molecule has 0 bridgehead atoms. The van der Waals surface area contributed by atoms with Gasteiger partial charge in [-0.2, -0.15) is 10.1 Å². The zero-order chi connectivity index (χ0) is 22.8. The van der Waals surface area contributed by atoms with Crippen LogP contribution >= 0.6 is 0 Å². The average Bonchev–Trinajstić information content (AvgIpc) is 3.36. The number of carbonyl (C=O) groups excluding carboxylic acids is 1. The third kappa shape index (κ3) is 4.46. The van der Waals surface area contributed by atoms with Gasteiger partial charge in [0.05, 0.1) is 11.8 Å². The lowest BCUT2D eigenvalue weighted by Crippen LogP contribution is -2.10. The van der Waals surface area contributed by atoms with Gasteiger partial charge in [-0.15, -0.1) is 0 Å². The average molecular weight is 434 g/mol. The van der Waals surface area contributed by atoms with Crippen LogP contribution in [0.2, 0.25) is 0 Å². The van der Waals surface area contributed by atoms with Crippen LogP contribution in [0.15, 0.2) is 52.9 Å². The molecule has 32 heavy (non-hydrogen) atoms. The molecule has 1 aromatic carbocycles. The van der Waals surface area contributed by atoms with E-state index in [0.29, 0.717) is 29.0 Å². The van der Waals surface area contributed by atoms with Crippen LogP contribution in [0.5, 0.6) is 11.6 Å².